The number of benzene rings is 2. The Balaban J connectivity index is 1.55. The molecule has 1 aliphatic rings. The largest absolute Gasteiger partial charge is 0.496 e. The van der Waals surface area contributed by atoms with Crippen molar-refractivity contribution >= 4 is 11.8 Å². The average Bonchev–Trinajstić information content (AvgIpc) is 2.96. The van der Waals surface area contributed by atoms with Gasteiger partial charge in [-0.3, -0.25) is 9.59 Å². The first-order valence-electron chi connectivity index (χ1n) is 8.48. The average molecular weight is 356 g/mol. The summed E-state index contributed by atoms with van der Waals surface area (Å²) in [6, 6.07) is 13.2. The second-order valence-corrected chi connectivity index (χ2v) is 6.36. The van der Waals surface area contributed by atoms with E-state index in [-0.39, 0.29) is 36.5 Å². The molecule has 0 bridgehead atoms. The zero-order chi connectivity index (χ0) is 18.5. The lowest BCUT2D eigenvalue weighted by Gasteiger charge is -2.17. The number of nitrogens with zero attached hydrogens (tertiary/aromatic N) is 1. The molecule has 26 heavy (non-hydrogen) atoms. The van der Waals surface area contributed by atoms with Crippen LogP contribution in [0.2, 0.25) is 0 Å². The maximum Gasteiger partial charge on any atom is 0.225 e. The van der Waals surface area contributed by atoms with Crippen LogP contribution >= 0.6 is 0 Å². The first kappa shape index (κ1) is 17.9. The summed E-state index contributed by atoms with van der Waals surface area (Å²) in [5.74, 6) is 0.207. The first-order valence-corrected chi connectivity index (χ1v) is 8.48. The zero-order valence-corrected chi connectivity index (χ0v) is 14.6. The van der Waals surface area contributed by atoms with Crippen LogP contribution < -0.4 is 10.1 Å². The third kappa shape index (κ3) is 4.39. The Morgan fingerprint density at radius 2 is 1.96 bits per heavy atom. The molecule has 5 nitrogen and oxygen atoms in total. The highest BCUT2D eigenvalue weighted by atomic mass is 19.1. The minimum atomic E-state index is -0.303. The SMILES string of the molecule is COc1ccccc1CC(=O)N[C@H]1CC(=O)N(Cc2ccc(F)cc2)C1. The van der Waals surface area contributed by atoms with E-state index in [0.717, 1.165) is 11.1 Å². The summed E-state index contributed by atoms with van der Waals surface area (Å²) in [5, 5.41) is 2.92. The molecule has 6 heteroatoms. The van der Waals surface area contributed by atoms with Crippen LogP contribution in [0.4, 0.5) is 4.39 Å². The molecule has 1 aliphatic heterocycles. The van der Waals surface area contributed by atoms with Gasteiger partial charge in [0.05, 0.1) is 19.6 Å². The Morgan fingerprint density at radius 1 is 1.23 bits per heavy atom. The van der Waals surface area contributed by atoms with Crippen LogP contribution in [0, 0.1) is 5.82 Å². The number of hydrogen-bond acceptors (Lipinski definition) is 3. The van der Waals surface area contributed by atoms with E-state index < -0.39 is 0 Å². The minimum Gasteiger partial charge on any atom is -0.496 e. The molecule has 0 aromatic heterocycles. The monoisotopic (exact) mass is 356 g/mol. The fourth-order valence-corrected chi connectivity index (χ4v) is 3.13. The fourth-order valence-electron chi connectivity index (χ4n) is 3.13. The summed E-state index contributed by atoms with van der Waals surface area (Å²) in [4.78, 5) is 26.2. The predicted molar refractivity (Wildman–Crippen MR) is 95.1 cm³/mol. The van der Waals surface area contributed by atoms with Crippen LogP contribution in [-0.2, 0) is 22.6 Å². The van der Waals surface area contributed by atoms with Crippen LogP contribution in [0.15, 0.2) is 48.5 Å². The van der Waals surface area contributed by atoms with Crippen LogP contribution in [-0.4, -0.2) is 36.4 Å². The van der Waals surface area contributed by atoms with Gasteiger partial charge in [-0.25, -0.2) is 4.39 Å². The lowest BCUT2D eigenvalue weighted by atomic mass is 10.1. The highest BCUT2D eigenvalue weighted by molar-refractivity contribution is 5.83. The van der Waals surface area contributed by atoms with E-state index in [1.165, 1.54) is 12.1 Å². The second-order valence-electron chi connectivity index (χ2n) is 6.36. The molecular formula is C20H21FN2O3. The Labute approximate surface area is 151 Å². The first-order chi connectivity index (χ1) is 12.5. The molecule has 0 aliphatic carbocycles. The number of para-hydroxylation sites is 1. The van der Waals surface area contributed by atoms with Crippen LogP contribution in [0.25, 0.3) is 0 Å². The van der Waals surface area contributed by atoms with E-state index >= 15 is 0 Å². The van der Waals surface area contributed by atoms with E-state index in [1.807, 2.05) is 24.3 Å². The van der Waals surface area contributed by atoms with Crippen molar-refractivity contribution in [2.45, 2.75) is 25.4 Å². The predicted octanol–water partition coefficient (Wildman–Crippen LogP) is 2.29. The van der Waals surface area contributed by atoms with Gasteiger partial charge in [0, 0.05) is 25.1 Å². The molecule has 2 aromatic carbocycles. The molecule has 1 heterocycles. The highest BCUT2D eigenvalue weighted by Gasteiger charge is 2.30. The molecule has 0 spiro atoms. The molecule has 0 unspecified atom stereocenters. The van der Waals surface area contributed by atoms with Crippen molar-refractivity contribution in [3.63, 3.8) is 0 Å². The second kappa shape index (κ2) is 7.99. The number of carbonyl (C=O) groups is 2. The van der Waals surface area contributed by atoms with E-state index in [9.17, 15) is 14.0 Å². The molecule has 0 saturated carbocycles. The minimum absolute atomic E-state index is 0.0167. The van der Waals surface area contributed by atoms with Crippen LogP contribution in [0.3, 0.4) is 0 Å². The van der Waals surface area contributed by atoms with Crippen molar-refractivity contribution in [2.24, 2.45) is 0 Å². The number of halogens is 1. The maximum absolute atomic E-state index is 13.0. The molecule has 136 valence electrons. The third-order valence-electron chi connectivity index (χ3n) is 4.41. The topological polar surface area (TPSA) is 58.6 Å². The van der Waals surface area contributed by atoms with Gasteiger partial charge in [0.25, 0.3) is 0 Å². The van der Waals surface area contributed by atoms with Gasteiger partial charge in [-0.1, -0.05) is 30.3 Å². The number of methoxy groups -OCH3 is 1. The van der Waals surface area contributed by atoms with Crippen molar-refractivity contribution in [1.82, 2.24) is 10.2 Å². The van der Waals surface area contributed by atoms with Gasteiger partial charge in [0.1, 0.15) is 11.6 Å². The van der Waals surface area contributed by atoms with Crippen molar-refractivity contribution in [3.05, 3.63) is 65.5 Å². The zero-order valence-electron chi connectivity index (χ0n) is 14.6. The van der Waals surface area contributed by atoms with Gasteiger partial charge >= 0.3 is 0 Å². The molecule has 1 N–H and O–H groups in total. The molecular weight excluding hydrogens is 335 g/mol. The highest BCUT2D eigenvalue weighted by Crippen LogP contribution is 2.19. The summed E-state index contributed by atoms with van der Waals surface area (Å²) in [7, 11) is 1.57. The number of likely N-dealkylation sites (tertiary alicyclic amines) is 1. The standard InChI is InChI=1S/C20H21FN2O3/c1-26-18-5-3-2-4-15(18)10-19(24)22-17-11-20(25)23(13-17)12-14-6-8-16(21)9-7-14/h2-9,17H,10-13H2,1H3,(H,22,24)/t17-/m0/s1. The van der Waals surface area contributed by atoms with Gasteiger partial charge in [-0.15, -0.1) is 0 Å². The van der Waals surface area contributed by atoms with Gasteiger partial charge in [-0.2, -0.15) is 0 Å². The van der Waals surface area contributed by atoms with E-state index in [4.69, 9.17) is 4.74 Å². The van der Waals surface area contributed by atoms with E-state index in [1.54, 1.807) is 24.1 Å². The van der Waals surface area contributed by atoms with Crippen molar-refractivity contribution < 1.29 is 18.7 Å². The number of nitrogens with one attached hydrogen (secondary N) is 1. The van der Waals surface area contributed by atoms with Gasteiger partial charge in [0.15, 0.2) is 0 Å². The molecule has 1 saturated heterocycles. The number of amides is 2. The Kier molecular flexibility index (Phi) is 5.51. The van der Waals surface area contributed by atoms with Crippen molar-refractivity contribution in [2.75, 3.05) is 13.7 Å². The van der Waals surface area contributed by atoms with Gasteiger partial charge < -0.3 is 15.0 Å². The smallest absolute Gasteiger partial charge is 0.225 e. The van der Waals surface area contributed by atoms with E-state index in [0.29, 0.717) is 18.8 Å². The van der Waals surface area contributed by atoms with Gasteiger partial charge in [0.2, 0.25) is 11.8 Å². The quantitative estimate of drug-likeness (QED) is 0.864. The van der Waals surface area contributed by atoms with Crippen molar-refractivity contribution in [3.8, 4) is 5.75 Å². The van der Waals surface area contributed by atoms with Crippen LogP contribution in [0.5, 0.6) is 5.75 Å². The number of hydrogen-bond donors (Lipinski definition) is 1. The maximum atomic E-state index is 13.0. The van der Waals surface area contributed by atoms with Crippen molar-refractivity contribution in [1.29, 1.82) is 0 Å². The normalized spacial score (nSPS) is 16.6. The summed E-state index contributed by atoms with van der Waals surface area (Å²) in [5.41, 5.74) is 1.67. The molecule has 1 atom stereocenters. The third-order valence-corrected chi connectivity index (χ3v) is 4.41. The van der Waals surface area contributed by atoms with Crippen LogP contribution in [0.1, 0.15) is 17.5 Å². The Bertz CT molecular complexity index is 792. The Morgan fingerprint density at radius 3 is 2.69 bits per heavy atom. The summed E-state index contributed by atoms with van der Waals surface area (Å²) in [6.45, 7) is 0.867. The Hall–Kier alpha value is -2.89. The molecule has 3 rings (SSSR count). The molecule has 2 aromatic rings. The fraction of sp³-hybridized carbons (Fsp3) is 0.300. The summed E-state index contributed by atoms with van der Waals surface area (Å²) < 4.78 is 18.2. The van der Waals surface area contributed by atoms with E-state index in [2.05, 4.69) is 5.32 Å². The van der Waals surface area contributed by atoms with Gasteiger partial charge in [-0.05, 0) is 23.8 Å². The molecule has 0 radical (unpaired) electrons. The number of carbonyl (C=O) groups excluding carboxylic acids is 2. The number of ether oxygens (including phenoxy) is 1. The lowest BCUT2D eigenvalue weighted by Crippen LogP contribution is -2.37. The summed E-state index contributed by atoms with van der Waals surface area (Å²) in [6.07, 6.45) is 0.478. The number of rotatable bonds is 6. The molecule has 2 amide bonds. The lowest BCUT2D eigenvalue weighted by molar-refractivity contribution is -0.128. The molecule has 1 fully saturated rings. The summed E-state index contributed by atoms with van der Waals surface area (Å²) >= 11 is 0.